The third kappa shape index (κ3) is 4.30. The molecule has 6 heteroatoms. The fraction of sp³-hybridized carbons (Fsp3) is 0.200. The predicted octanol–water partition coefficient (Wildman–Crippen LogP) is 4.70. The third-order valence-corrected chi connectivity index (χ3v) is 4.76. The van der Waals surface area contributed by atoms with E-state index >= 15 is 0 Å². The molecular weight excluding hydrogens is 354 g/mol. The van der Waals surface area contributed by atoms with Crippen LogP contribution in [0.25, 0.3) is 0 Å². The zero-order valence-electron chi connectivity index (χ0n) is 11.3. The minimum atomic E-state index is -0.489. The van der Waals surface area contributed by atoms with E-state index in [9.17, 15) is 15.2 Å². The lowest BCUT2D eigenvalue weighted by molar-refractivity contribution is -0.384. The van der Waals surface area contributed by atoms with Gasteiger partial charge in [-0.05, 0) is 30.2 Å². The van der Waals surface area contributed by atoms with Crippen molar-refractivity contribution in [1.29, 1.82) is 0 Å². The second-order valence-electron chi connectivity index (χ2n) is 4.57. The van der Waals surface area contributed by atoms with Gasteiger partial charge in [0.15, 0.2) is 0 Å². The fourth-order valence-electron chi connectivity index (χ4n) is 1.79. The number of nitro groups is 1. The second-order valence-corrected chi connectivity index (χ2v) is 6.47. The van der Waals surface area contributed by atoms with Gasteiger partial charge in [-0.1, -0.05) is 34.1 Å². The molecule has 1 atom stereocenters. The lowest BCUT2D eigenvalue weighted by atomic mass is 10.1. The first-order valence-corrected chi connectivity index (χ1v) is 8.09. The SMILES string of the molecule is CC(O)c1cccc(SCc2ccc([N+](=O)[O-])cc2Br)c1. The summed E-state index contributed by atoms with van der Waals surface area (Å²) in [5.74, 6) is 0.696. The summed E-state index contributed by atoms with van der Waals surface area (Å²) >= 11 is 4.99. The van der Waals surface area contributed by atoms with E-state index in [0.29, 0.717) is 5.75 Å². The number of halogens is 1. The summed E-state index contributed by atoms with van der Waals surface area (Å²) in [6, 6.07) is 12.5. The first-order chi connectivity index (χ1) is 9.97. The first kappa shape index (κ1) is 16.0. The van der Waals surface area contributed by atoms with Gasteiger partial charge >= 0.3 is 0 Å². The summed E-state index contributed by atoms with van der Waals surface area (Å²) < 4.78 is 0.732. The second kappa shape index (κ2) is 7.06. The molecule has 0 radical (unpaired) electrons. The lowest BCUT2D eigenvalue weighted by Gasteiger charge is -2.08. The van der Waals surface area contributed by atoms with Gasteiger partial charge in [-0.25, -0.2) is 0 Å². The number of thioether (sulfide) groups is 1. The molecule has 0 aliphatic heterocycles. The number of aliphatic hydroxyl groups is 1. The maximum Gasteiger partial charge on any atom is 0.270 e. The Hall–Kier alpha value is -1.37. The molecule has 0 aliphatic carbocycles. The molecule has 110 valence electrons. The molecule has 21 heavy (non-hydrogen) atoms. The Morgan fingerprint density at radius 1 is 1.33 bits per heavy atom. The van der Waals surface area contributed by atoms with Crippen molar-refractivity contribution < 1.29 is 10.0 Å². The van der Waals surface area contributed by atoms with Gasteiger partial charge in [-0.3, -0.25) is 10.1 Å². The summed E-state index contributed by atoms with van der Waals surface area (Å²) in [7, 11) is 0. The number of hydrogen-bond donors (Lipinski definition) is 1. The molecule has 0 saturated carbocycles. The van der Waals surface area contributed by atoms with Gasteiger partial charge in [0.2, 0.25) is 0 Å². The van der Waals surface area contributed by atoms with E-state index in [1.165, 1.54) is 12.1 Å². The van der Waals surface area contributed by atoms with E-state index in [4.69, 9.17) is 0 Å². The van der Waals surface area contributed by atoms with Crippen molar-refractivity contribution in [2.24, 2.45) is 0 Å². The highest BCUT2D eigenvalue weighted by molar-refractivity contribution is 9.10. The zero-order chi connectivity index (χ0) is 15.4. The summed E-state index contributed by atoms with van der Waals surface area (Å²) in [5.41, 5.74) is 1.95. The van der Waals surface area contributed by atoms with E-state index < -0.39 is 11.0 Å². The van der Waals surface area contributed by atoms with Crippen LogP contribution < -0.4 is 0 Å². The van der Waals surface area contributed by atoms with E-state index in [0.717, 1.165) is 20.5 Å². The molecule has 0 bridgehead atoms. The van der Waals surface area contributed by atoms with Gasteiger partial charge in [-0.2, -0.15) is 0 Å². The summed E-state index contributed by atoms with van der Waals surface area (Å²) in [4.78, 5) is 11.3. The van der Waals surface area contributed by atoms with Crippen LogP contribution in [-0.2, 0) is 5.75 Å². The van der Waals surface area contributed by atoms with Crippen LogP contribution in [0.1, 0.15) is 24.2 Å². The van der Waals surface area contributed by atoms with Crippen molar-refractivity contribution in [3.05, 3.63) is 68.2 Å². The highest BCUT2D eigenvalue weighted by Crippen LogP contribution is 2.30. The van der Waals surface area contributed by atoms with E-state index in [2.05, 4.69) is 15.9 Å². The first-order valence-electron chi connectivity index (χ1n) is 6.31. The number of hydrogen-bond acceptors (Lipinski definition) is 4. The van der Waals surface area contributed by atoms with Crippen molar-refractivity contribution in [3.8, 4) is 0 Å². The average molecular weight is 368 g/mol. The van der Waals surface area contributed by atoms with Crippen LogP contribution in [0.5, 0.6) is 0 Å². The Morgan fingerprint density at radius 2 is 2.10 bits per heavy atom. The van der Waals surface area contributed by atoms with Crippen molar-refractivity contribution in [2.45, 2.75) is 23.7 Å². The van der Waals surface area contributed by atoms with Gasteiger partial charge < -0.3 is 5.11 Å². The van der Waals surface area contributed by atoms with Crippen molar-refractivity contribution in [1.82, 2.24) is 0 Å². The quantitative estimate of drug-likeness (QED) is 0.472. The zero-order valence-corrected chi connectivity index (χ0v) is 13.7. The molecule has 2 aromatic carbocycles. The fourth-order valence-corrected chi connectivity index (χ4v) is 3.45. The molecule has 0 aromatic heterocycles. The molecule has 4 nitrogen and oxygen atoms in total. The van der Waals surface area contributed by atoms with Gasteiger partial charge in [0.1, 0.15) is 0 Å². The van der Waals surface area contributed by atoms with E-state index in [-0.39, 0.29) is 5.69 Å². The normalized spacial score (nSPS) is 12.1. The minimum Gasteiger partial charge on any atom is -0.389 e. The van der Waals surface area contributed by atoms with Crippen molar-refractivity contribution in [3.63, 3.8) is 0 Å². The lowest BCUT2D eigenvalue weighted by Crippen LogP contribution is -1.91. The Labute approximate surface area is 135 Å². The number of nitro benzene ring substituents is 1. The molecule has 0 amide bonds. The number of rotatable bonds is 5. The topological polar surface area (TPSA) is 63.4 Å². The van der Waals surface area contributed by atoms with E-state index in [1.807, 2.05) is 24.3 Å². The summed E-state index contributed by atoms with van der Waals surface area (Å²) in [6.45, 7) is 1.73. The van der Waals surface area contributed by atoms with Crippen LogP contribution in [0.2, 0.25) is 0 Å². The number of nitrogens with zero attached hydrogens (tertiary/aromatic N) is 1. The molecule has 0 aliphatic rings. The maximum absolute atomic E-state index is 10.7. The molecule has 2 rings (SSSR count). The van der Waals surface area contributed by atoms with Gasteiger partial charge in [0.25, 0.3) is 5.69 Å². The Balaban J connectivity index is 2.09. The average Bonchev–Trinajstić information content (AvgIpc) is 2.46. The molecule has 1 N–H and O–H groups in total. The molecule has 0 spiro atoms. The monoisotopic (exact) mass is 367 g/mol. The van der Waals surface area contributed by atoms with Crippen LogP contribution in [0, 0.1) is 10.1 Å². The molecular formula is C15H14BrNO3S. The summed E-state index contributed by atoms with van der Waals surface area (Å²) in [5, 5.41) is 20.3. The van der Waals surface area contributed by atoms with Gasteiger partial charge in [0.05, 0.1) is 11.0 Å². The summed E-state index contributed by atoms with van der Waals surface area (Å²) in [6.07, 6.45) is -0.489. The largest absolute Gasteiger partial charge is 0.389 e. The Morgan fingerprint density at radius 3 is 2.71 bits per heavy atom. The minimum absolute atomic E-state index is 0.0757. The van der Waals surface area contributed by atoms with Gasteiger partial charge in [-0.15, -0.1) is 11.8 Å². The smallest absolute Gasteiger partial charge is 0.270 e. The molecule has 0 fully saturated rings. The Bertz CT molecular complexity index is 661. The molecule has 1 unspecified atom stereocenters. The van der Waals surface area contributed by atoms with Crippen LogP contribution in [0.15, 0.2) is 51.8 Å². The maximum atomic E-state index is 10.7. The highest BCUT2D eigenvalue weighted by Gasteiger charge is 2.09. The van der Waals surface area contributed by atoms with Gasteiger partial charge in [0, 0.05) is 27.3 Å². The predicted molar refractivity (Wildman–Crippen MR) is 87.4 cm³/mol. The number of aliphatic hydroxyl groups excluding tert-OH is 1. The van der Waals surface area contributed by atoms with E-state index in [1.54, 1.807) is 24.8 Å². The number of non-ortho nitro benzene ring substituents is 1. The number of benzene rings is 2. The van der Waals surface area contributed by atoms with Crippen LogP contribution in [0.3, 0.4) is 0 Å². The molecule has 0 saturated heterocycles. The standard InChI is InChI=1S/C15H14BrNO3S/c1-10(18)11-3-2-4-14(7-11)21-9-12-5-6-13(17(19)20)8-15(12)16/h2-8,10,18H,9H2,1H3. The molecule has 2 aromatic rings. The van der Waals surface area contributed by atoms with Crippen molar-refractivity contribution in [2.75, 3.05) is 0 Å². The third-order valence-electron chi connectivity index (χ3n) is 2.98. The molecule has 0 heterocycles. The van der Waals surface area contributed by atoms with Crippen LogP contribution in [-0.4, -0.2) is 10.0 Å². The van der Waals surface area contributed by atoms with Crippen LogP contribution in [0.4, 0.5) is 5.69 Å². The highest BCUT2D eigenvalue weighted by atomic mass is 79.9. The Kier molecular flexibility index (Phi) is 5.39. The van der Waals surface area contributed by atoms with Crippen molar-refractivity contribution >= 4 is 33.4 Å². The van der Waals surface area contributed by atoms with Crippen LogP contribution >= 0.6 is 27.7 Å².